The molecule has 0 fully saturated rings. The van der Waals surface area contributed by atoms with Gasteiger partial charge in [0.1, 0.15) is 0 Å². The Hall–Kier alpha value is -2.00. The van der Waals surface area contributed by atoms with Crippen LogP contribution in [0.2, 0.25) is 0 Å². The summed E-state index contributed by atoms with van der Waals surface area (Å²) in [4.78, 5) is 4.45. The van der Waals surface area contributed by atoms with Gasteiger partial charge in [0.2, 0.25) is 0 Å². The van der Waals surface area contributed by atoms with Crippen LogP contribution >= 0.6 is 7.60 Å². The molecular weight excluding hydrogens is 309 g/mol. The van der Waals surface area contributed by atoms with Gasteiger partial charge in [-0.15, -0.1) is 0 Å². The number of aliphatic imine (C=N–C) groups is 1. The third-order valence-electron chi connectivity index (χ3n) is 3.26. The maximum atomic E-state index is 12.7. The second-order valence-electron chi connectivity index (χ2n) is 4.91. The van der Waals surface area contributed by atoms with E-state index in [0.29, 0.717) is 5.69 Å². The van der Waals surface area contributed by atoms with Gasteiger partial charge in [-0.3, -0.25) is 4.57 Å². The Morgan fingerprint density at radius 1 is 1.00 bits per heavy atom. The molecule has 23 heavy (non-hydrogen) atoms. The molecule has 0 saturated carbocycles. The molecular formula is C18H20NO3P. The molecule has 0 spiro atoms. The lowest BCUT2D eigenvalue weighted by atomic mass is 10.2. The van der Waals surface area contributed by atoms with Crippen LogP contribution in [-0.4, -0.2) is 19.7 Å². The molecule has 120 valence electrons. The molecule has 2 rings (SSSR count). The van der Waals surface area contributed by atoms with E-state index in [2.05, 4.69) is 4.99 Å². The van der Waals surface area contributed by atoms with Gasteiger partial charge in [0.05, 0.1) is 5.69 Å². The Kier molecular flexibility index (Phi) is 6.05. The Morgan fingerprint density at radius 2 is 1.61 bits per heavy atom. The lowest BCUT2D eigenvalue weighted by molar-refractivity contribution is 0.290. The van der Waals surface area contributed by atoms with Crippen LogP contribution in [0.5, 0.6) is 0 Å². The summed E-state index contributed by atoms with van der Waals surface area (Å²) in [6.07, 6.45) is 3.50. The van der Waals surface area contributed by atoms with Crippen LogP contribution in [0.1, 0.15) is 11.1 Å². The molecule has 0 heterocycles. The van der Waals surface area contributed by atoms with Crippen molar-refractivity contribution in [2.24, 2.45) is 4.99 Å². The molecule has 4 nitrogen and oxygen atoms in total. The quantitative estimate of drug-likeness (QED) is 0.539. The highest BCUT2D eigenvalue weighted by Gasteiger charge is 2.27. The second kappa shape index (κ2) is 8.02. The van der Waals surface area contributed by atoms with Crippen molar-refractivity contribution in [3.05, 3.63) is 71.8 Å². The van der Waals surface area contributed by atoms with E-state index in [9.17, 15) is 4.57 Å². The van der Waals surface area contributed by atoms with Crippen molar-refractivity contribution in [3.8, 4) is 0 Å². The molecule has 2 aromatic rings. The summed E-state index contributed by atoms with van der Waals surface area (Å²) in [6.45, 7) is 2.00. The highest BCUT2D eigenvalue weighted by atomic mass is 31.2. The molecule has 5 heteroatoms. The van der Waals surface area contributed by atoms with E-state index in [1.54, 1.807) is 6.08 Å². The third-order valence-corrected chi connectivity index (χ3v) is 5.04. The van der Waals surface area contributed by atoms with Crippen LogP contribution in [0.25, 0.3) is 6.08 Å². The number of nitrogens with zero attached hydrogens (tertiary/aromatic N) is 1. The average Bonchev–Trinajstić information content (AvgIpc) is 2.60. The predicted octanol–water partition coefficient (Wildman–Crippen LogP) is 5.22. The summed E-state index contributed by atoms with van der Waals surface area (Å²) < 4.78 is 22.9. The van der Waals surface area contributed by atoms with Gasteiger partial charge in [0.25, 0.3) is 0 Å². The lowest BCUT2D eigenvalue weighted by Crippen LogP contribution is -2.00. The Labute approximate surface area is 137 Å². The minimum absolute atomic E-state index is 0.259. The number of benzene rings is 2. The van der Waals surface area contributed by atoms with Crippen molar-refractivity contribution >= 4 is 24.8 Å². The van der Waals surface area contributed by atoms with Crippen LogP contribution in [0.3, 0.4) is 0 Å². The van der Waals surface area contributed by atoms with Crippen molar-refractivity contribution < 1.29 is 13.6 Å². The first kappa shape index (κ1) is 17.4. The first-order valence-electron chi connectivity index (χ1n) is 7.18. The SMILES string of the molecule is COP(=O)(OC)C(/C=C/c1ccccc1)=Nc1ccc(C)cc1. The molecule has 0 saturated heterocycles. The average molecular weight is 329 g/mol. The van der Waals surface area contributed by atoms with E-state index in [4.69, 9.17) is 9.05 Å². The van der Waals surface area contributed by atoms with Gasteiger partial charge in [-0.1, -0.05) is 54.1 Å². The van der Waals surface area contributed by atoms with Crippen LogP contribution < -0.4 is 0 Å². The van der Waals surface area contributed by atoms with Gasteiger partial charge in [0, 0.05) is 14.2 Å². The van der Waals surface area contributed by atoms with E-state index in [-0.39, 0.29) is 5.45 Å². The molecule has 0 aromatic heterocycles. The third kappa shape index (κ3) is 4.73. The number of rotatable bonds is 6. The summed E-state index contributed by atoms with van der Waals surface area (Å²) in [5.41, 5.74) is 3.06. The van der Waals surface area contributed by atoms with E-state index >= 15 is 0 Å². The summed E-state index contributed by atoms with van der Waals surface area (Å²) in [6, 6.07) is 17.3. The second-order valence-corrected chi connectivity index (χ2v) is 7.10. The number of allylic oxidation sites excluding steroid dienone is 1. The Balaban J connectivity index is 2.41. The van der Waals surface area contributed by atoms with Gasteiger partial charge < -0.3 is 9.05 Å². The molecule has 0 aliphatic rings. The molecule has 0 amide bonds. The van der Waals surface area contributed by atoms with Gasteiger partial charge in [-0.05, 0) is 30.7 Å². The first-order valence-corrected chi connectivity index (χ1v) is 8.72. The van der Waals surface area contributed by atoms with Gasteiger partial charge >= 0.3 is 7.60 Å². The molecule has 0 N–H and O–H groups in total. The Bertz CT molecular complexity index is 729. The zero-order chi connectivity index (χ0) is 16.7. The maximum Gasteiger partial charge on any atom is 0.379 e. The molecule has 0 radical (unpaired) electrons. The molecule has 0 atom stereocenters. The number of aryl methyl sites for hydroxylation is 1. The normalized spacial score (nSPS) is 12.7. The molecule has 0 bridgehead atoms. The van der Waals surface area contributed by atoms with E-state index in [1.165, 1.54) is 14.2 Å². The van der Waals surface area contributed by atoms with E-state index < -0.39 is 7.60 Å². The fourth-order valence-corrected chi connectivity index (χ4v) is 2.96. The lowest BCUT2D eigenvalue weighted by Gasteiger charge is -2.13. The standard InChI is InChI=1S/C18H20NO3P/c1-15-9-12-17(13-10-15)19-18(23(20,21-2)22-3)14-11-16-7-5-4-6-8-16/h4-14H,1-3H3/b14-11+,19-18?. The smallest absolute Gasteiger partial charge is 0.308 e. The Morgan fingerprint density at radius 3 is 2.17 bits per heavy atom. The number of hydrogen-bond acceptors (Lipinski definition) is 4. The van der Waals surface area contributed by atoms with Crippen molar-refractivity contribution in [2.75, 3.05) is 14.2 Å². The predicted molar refractivity (Wildman–Crippen MR) is 95.4 cm³/mol. The van der Waals surface area contributed by atoms with Crippen molar-refractivity contribution in [1.29, 1.82) is 0 Å². The summed E-state index contributed by atoms with van der Waals surface area (Å²) in [5.74, 6) is 0. The van der Waals surface area contributed by atoms with Crippen LogP contribution in [0, 0.1) is 6.92 Å². The fraction of sp³-hybridized carbons (Fsp3) is 0.167. The van der Waals surface area contributed by atoms with Crippen LogP contribution in [0.4, 0.5) is 5.69 Å². The molecule has 0 unspecified atom stereocenters. The number of hydrogen-bond donors (Lipinski definition) is 0. The maximum absolute atomic E-state index is 12.7. The fourth-order valence-electron chi connectivity index (χ4n) is 1.94. The van der Waals surface area contributed by atoms with E-state index in [0.717, 1.165) is 11.1 Å². The van der Waals surface area contributed by atoms with Gasteiger partial charge in [0.15, 0.2) is 5.45 Å². The van der Waals surface area contributed by atoms with E-state index in [1.807, 2.05) is 67.6 Å². The van der Waals surface area contributed by atoms with Crippen molar-refractivity contribution in [2.45, 2.75) is 6.92 Å². The van der Waals surface area contributed by atoms with Crippen molar-refractivity contribution in [1.82, 2.24) is 0 Å². The zero-order valence-corrected chi connectivity index (χ0v) is 14.4. The minimum Gasteiger partial charge on any atom is -0.308 e. The van der Waals surface area contributed by atoms with Gasteiger partial charge in [-0.25, -0.2) is 4.99 Å². The van der Waals surface area contributed by atoms with Crippen LogP contribution in [-0.2, 0) is 13.6 Å². The van der Waals surface area contributed by atoms with Crippen LogP contribution in [0.15, 0.2) is 65.7 Å². The molecule has 0 aliphatic carbocycles. The summed E-state index contributed by atoms with van der Waals surface area (Å²) in [7, 11) is -0.737. The molecule has 0 aliphatic heterocycles. The summed E-state index contributed by atoms with van der Waals surface area (Å²) in [5, 5.41) is 0. The highest BCUT2D eigenvalue weighted by molar-refractivity contribution is 7.72. The first-order chi connectivity index (χ1) is 11.1. The highest BCUT2D eigenvalue weighted by Crippen LogP contribution is 2.49. The van der Waals surface area contributed by atoms with Crippen molar-refractivity contribution in [3.63, 3.8) is 0 Å². The largest absolute Gasteiger partial charge is 0.379 e. The monoisotopic (exact) mass is 329 g/mol. The summed E-state index contributed by atoms with van der Waals surface area (Å²) >= 11 is 0. The zero-order valence-electron chi connectivity index (χ0n) is 13.5. The minimum atomic E-state index is -3.44. The van der Waals surface area contributed by atoms with Gasteiger partial charge in [-0.2, -0.15) is 0 Å². The topological polar surface area (TPSA) is 47.9 Å². The molecule has 2 aromatic carbocycles.